The van der Waals surface area contributed by atoms with E-state index in [-0.39, 0.29) is 11.9 Å². The maximum Gasteiger partial charge on any atom is 0.318 e. The van der Waals surface area contributed by atoms with Crippen LogP contribution in [0, 0.1) is 5.41 Å². The first-order valence-electron chi connectivity index (χ1n) is 5.06. The normalized spacial score (nSPS) is 22.1. The molecule has 2 N–H and O–H groups in total. The van der Waals surface area contributed by atoms with Crippen LogP contribution < -0.4 is 5.32 Å². The van der Waals surface area contributed by atoms with Crippen LogP contribution in [0.2, 0.25) is 0 Å². The van der Waals surface area contributed by atoms with E-state index in [2.05, 4.69) is 5.32 Å². The third kappa shape index (κ3) is 3.12. The number of carboxylic acids is 1. The van der Waals surface area contributed by atoms with Crippen molar-refractivity contribution in [3.8, 4) is 0 Å². The second-order valence-corrected chi connectivity index (χ2v) is 5.47. The second kappa shape index (κ2) is 4.88. The van der Waals surface area contributed by atoms with Gasteiger partial charge < -0.3 is 10.4 Å². The zero-order valence-electron chi connectivity index (χ0n) is 9.08. The van der Waals surface area contributed by atoms with Crippen molar-refractivity contribution in [2.24, 2.45) is 5.41 Å². The number of thioether (sulfide) groups is 1. The number of carbonyl (C=O) groups is 2. The minimum atomic E-state index is -1.33. The standard InChI is InChI=1S/C10H17NO3S/c1-10(2,9(13)14)8(12)11-7-4-3-5-15-6-7/h7H,3-6H2,1-2H3,(H,11,12)(H,13,14). The lowest BCUT2D eigenvalue weighted by atomic mass is 9.92. The molecule has 0 spiro atoms. The minimum Gasteiger partial charge on any atom is -0.480 e. The molecule has 1 saturated heterocycles. The van der Waals surface area contributed by atoms with Gasteiger partial charge in [0.15, 0.2) is 0 Å². The summed E-state index contributed by atoms with van der Waals surface area (Å²) in [5, 5.41) is 11.7. The summed E-state index contributed by atoms with van der Waals surface area (Å²) < 4.78 is 0. The van der Waals surface area contributed by atoms with Crippen LogP contribution in [-0.2, 0) is 9.59 Å². The number of hydrogen-bond donors (Lipinski definition) is 2. The van der Waals surface area contributed by atoms with Crippen LogP contribution in [0.3, 0.4) is 0 Å². The third-order valence-electron chi connectivity index (χ3n) is 2.60. The summed E-state index contributed by atoms with van der Waals surface area (Å²) in [6.07, 6.45) is 2.04. The van der Waals surface area contributed by atoms with E-state index in [4.69, 9.17) is 5.11 Å². The van der Waals surface area contributed by atoms with Crippen LogP contribution in [0.1, 0.15) is 26.7 Å². The molecule has 0 aromatic heterocycles. The molecule has 1 atom stereocenters. The molecule has 4 nitrogen and oxygen atoms in total. The molecule has 5 heteroatoms. The number of hydrogen-bond acceptors (Lipinski definition) is 3. The van der Waals surface area contributed by atoms with Crippen LogP contribution >= 0.6 is 11.8 Å². The number of rotatable bonds is 3. The lowest BCUT2D eigenvalue weighted by Gasteiger charge is -2.26. The minimum absolute atomic E-state index is 0.134. The largest absolute Gasteiger partial charge is 0.480 e. The first-order valence-corrected chi connectivity index (χ1v) is 6.22. The van der Waals surface area contributed by atoms with Crippen molar-refractivity contribution in [3.05, 3.63) is 0 Å². The lowest BCUT2D eigenvalue weighted by Crippen LogP contribution is -2.48. The Morgan fingerprint density at radius 3 is 2.60 bits per heavy atom. The van der Waals surface area contributed by atoms with Gasteiger partial charge in [-0.2, -0.15) is 11.8 Å². The predicted octanol–water partition coefficient (Wildman–Crippen LogP) is 1.11. The third-order valence-corrected chi connectivity index (χ3v) is 3.81. The molecule has 1 fully saturated rings. The first kappa shape index (κ1) is 12.4. The van der Waals surface area contributed by atoms with Crippen LogP contribution in [0.15, 0.2) is 0 Å². The Morgan fingerprint density at radius 1 is 1.47 bits per heavy atom. The fraction of sp³-hybridized carbons (Fsp3) is 0.800. The Balaban J connectivity index is 2.50. The van der Waals surface area contributed by atoms with Crippen molar-refractivity contribution in [1.82, 2.24) is 5.32 Å². The van der Waals surface area contributed by atoms with Gasteiger partial charge in [-0.1, -0.05) is 0 Å². The monoisotopic (exact) mass is 231 g/mol. The van der Waals surface area contributed by atoms with E-state index in [9.17, 15) is 9.59 Å². The van der Waals surface area contributed by atoms with Crippen molar-refractivity contribution < 1.29 is 14.7 Å². The van der Waals surface area contributed by atoms with E-state index < -0.39 is 11.4 Å². The van der Waals surface area contributed by atoms with Crippen molar-refractivity contribution >= 4 is 23.6 Å². The summed E-state index contributed by atoms with van der Waals surface area (Å²) in [6, 6.07) is 0.134. The molecule has 0 bridgehead atoms. The fourth-order valence-electron chi connectivity index (χ4n) is 1.32. The Hall–Kier alpha value is -0.710. The summed E-state index contributed by atoms with van der Waals surface area (Å²) in [5.41, 5.74) is -1.33. The SMILES string of the molecule is CC(C)(C(=O)O)C(=O)NC1CCCSC1. The summed E-state index contributed by atoms with van der Waals surface area (Å²) in [5.74, 6) is 0.557. The molecule has 1 aliphatic rings. The van der Waals surface area contributed by atoms with Gasteiger partial charge in [0.1, 0.15) is 5.41 Å². The maximum atomic E-state index is 11.7. The summed E-state index contributed by atoms with van der Waals surface area (Å²) in [4.78, 5) is 22.5. The predicted molar refractivity (Wildman–Crippen MR) is 59.9 cm³/mol. The van der Waals surface area contributed by atoms with E-state index in [1.807, 2.05) is 0 Å². The first-order chi connectivity index (χ1) is 6.94. The number of carboxylic acid groups (broad SMARTS) is 1. The molecule has 1 rings (SSSR count). The van der Waals surface area contributed by atoms with Crippen molar-refractivity contribution in [1.29, 1.82) is 0 Å². The molecule has 0 aliphatic carbocycles. The van der Waals surface area contributed by atoms with Crippen molar-refractivity contribution in [2.45, 2.75) is 32.7 Å². The smallest absolute Gasteiger partial charge is 0.318 e. The Morgan fingerprint density at radius 2 is 2.13 bits per heavy atom. The fourth-order valence-corrected chi connectivity index (χ4v) is 2.39. The Kier molecular flexibility index (Phi) is 4.02. The summed E-state index contributed by atoms with van der Waals surface area (Å²) in [7, 11) is 0. The Labute approximate surface area is 93.8 Å². The van der Waals surface area contributed by atoms with Gasteiger partial charge in [-0.3, -0.25) is 9.59 Å². The molecule has 1 heterocycles. The number of nitrogens with one attached hydrogen (secondary N) is 1. The van der Waals surface area contributed by atoms with Gasteiger partial charge in [0.2, 0.25) is 5.91 Å². The lowest BCUT2D eigenvalue weighted by molar-refractivity contribution is -0.153. The highest BCUT2D eigenvalue weighted by Gasteiger charge is 2.37. The zero-order valence-corrected chi connectivity index (χ0v) is 9.89. The molecular formula is C10H17NO3S. The molecule has 86 valence electrons. The van der Waals surface area contributed by atoms with Crippen molar-refractivity contribution in [3.63, 3.8) is 0 Å². The van der Waals surface area contributed by atoms with Gasteiger partial charge in [0, 0.05) is 11.8 Å². The zero-order chi connectivity index (χ0) is 11.5. The molecule has 1 amide bonds. The van der Waals surface area contributed by atoms with Gasteiger partial charge in [-0.05, 0) is 32.4 Å². The van der Waals surface area contributed by atoms with E-state index in [0.717, 1.165) is 24.3 Å². The highest BCUT2D eigenvalue weighted by molar-refractivity contribution is 7.99. The highest BCUT2D eigenvalue weighted by Crippen LogP contribution is 2.20. The molecule has 0 radical (unpaired) electrons. The van der Waals surface area contributed by atoms with Gasteiger partial charge in [-0.15, -0.1) is 0 Å². The van der Waals surface area contributed by atoms with Crippen molar-refractivity contribution in [2.75, 3.05) is 11.5 Å². The molecule has 0 aromatic carbocycles. The van der Waals surface area contributed by atoms with Gasteiger partial charge in [0.05, 0.1) is 0 Å². The second-order valence-electron chi connectivity index (χ2n) is 4.32. The van der Waals surface area contributed by atoms with Crippen LogP contribution in [0.25, 0.3) is 0 Å². The molecule has 1 aliphatic heterocycles. The molecular weight excluding hydrogens is 214 g/mol. The number of amides is 1. The topological polar surface area (TPSA) is 66.4 Å². The van der Waals surface area contributed by atoms with E-state index in [0.29, 0.717) is 0 Å². The number of carbonyl (C=O) groups excluding carboxylic acids is 1. The van der Waals surface area contributed by atoms with Crippen LogP contribution in [0.4, 0.5) is 0 Å². The Bertz CT molecular complexity index is 259. The van der Waals surface area contributed by atoms with Crippen LogP contribution in [0.5, 0.6) is 0 Å². The average Bonchev–Trinajstić information content (AvgIpc) is 2.18. The van der Waals surface area contributed by atoms with Gasteiger partial charge in [-0.25, -0.2) is 0 Å². The average molecular weight is 231 g/mol. The highest BCUT2D eigenvalue weighted by atomic mass is 32.2. The maximum absolute atomic E-state index is 11.7. The number of aliphatic carboxylic acids is 1. The van der Waals surface area contributed by atoms with E-state index in [1.165, 1.54) is 13.8 Å². The molecule has 0 aromatic rings. The van der Waals surface area contributed by atoms with E-state index in [1.54, 1.807) is 11.8 Å². The molecule has 0 saturated carbocycles. The quantitative estimate of drug-likeness (QED) is 0.714. The van der Waals surface area contributed by atoms with Gasteiger partial charge in [0.25, 0.3) is 0 Å². The van der Waals surface area contributed by atoms with E-state index >= 15 is 0 Å². The molecule has 1 unspecified atom stereocenters. The van der Waals surface area contributed by atoms with Crippen LogP contribution in [-0.4, -0.2) is 34.5 Å². The molecule has 15 heavy (non-hydrogen) atoms. The summed E-state index contributed by atoms with van der Waals surface area (Å²) in [6.45, 7) is 2.86. The summed E-state index contributed by atoms with van der Waals surface area (Å²) >= 11 is 1.80. The van der Waals surface area contributed by atoms with Gasteiger partial charge >= 0.3 is 5.97 Å².